The van der Waals surface area contributed by atoms with Crippen LogP contribution in [0.1, 0.15) is 194 Å². The van der Waals surface area contributed by atoms with Crippen molar-refractivity contribution in [2.75, 3.05) is 19.8 Å². The minimum absolute atomic E-state index is 0.0383. The molecule has 13 N–H and O–H groups in total. The zero-order valence-corrected chi connectivity index (χ0v) is 44.6. The molecular weight excluding hydrogens is 963 g/mol. The fourth-order valence-corrected chi connectivity index (χ4v) is 11.2. The highest BCUT2D eigenvalue weighted by Crippen LogP contribution is 2.41. The second kappa shape index (κ2) is 34.0. The standard InChI is InChI=1S/C54H97N3O17/c1-3-5-7-9-11-13-15-17-19-21-23-25-27-34(49(67)54(38(61)28-29-39(54)62)30-26-24-22-20-18-16-14-12-10-8-6-4-2)50(68)57-42-46(66)48(73-52-41(56)44(64)43(63)35(31-58)71-52)37(33-60)72-53(42)74-47-36(32-59)70-51(69)40(55)45(47)65/h34-37,40-48,51-53,58-60,63-66,69H,3-33,55-56H2,1-2H3,(H,57,68)/t34?,35-,36-,37-,40-,41-,42-,43-,44-,45-,46-,47?,48?,51-,52+,53+/m1/s1. The first-order valence-electron chi connectivity index (χ1n) is 28.6. The molecule has 74 heavy (non-hydrogen) atoms. The van der Waals surface area contributed by atoms with Crippen LogP contribution in [-0.4, -0.2) is 176 Å². The van der Waals surface area contributed by atoms with Crippen molar-refractivity contribution in [2.24, 2.45) is 22.8 Å². The fourth-order valence-electron chi connectivity index (χ4n) is 11.2. The molecule has 16 atom stereocenters. The number of aliphatic hydroxyl groups is 8. The molecule has 4 fully saturated rings. The number of hydrogen-bond acceptors (Lipinski definition) is 19. The molecule has 1 amide bonds. The molecule has 0 aromatic rings. The van der Waals surface area contributed by atoms with E-state index in [9.17, 15) is 50.4 Å². The van der Waals surface area contributed by atoms with Gasteiger partial charge in [-0.3, -0.25) is 19.2 Å². The van der Waals surface area contributed by atoms with Gasteiger partial charge in [0.05, 0.1) is 37.8 Å². The zero-order valence-electron chi connectivity index (χ0n) is 44.6. The number of rotatable bonds is 37. The third-order valence-electron chi connectivity index (χ3n) is 15.9. The third kappa shape index (κ3) is 18.0. The van der Waals surface area contributed by atoms with Crippen molar-refractivity contribution in [2.45, 2.75) is 286 Å². The molecule has 1 saturated carbocycles. The van der Waals surface area contributed by atoms with Gasteiger partial charge in [-0.25, -0.2) is 0 Å². The third-order valence-corrected chi connectivity index (χ3v) is 15.9. The summed E-state index contributed by atoms with van der Waals surface area (Å²) in [5, 5.41) is 88.4. The van der Waals surface area contributed by atoms with E-state index in [1.165, 1.54) is 70.6 Å². The number of carbonyl (C=O) groups is 4. The second-order valence-electron chi connectivity index (χ2n) is 21.5. The first kappa shape index (κ1) is 64.4. The summed E-state index contributed by atoms with van der Waals surface area (Å²) in [6.07, 6.45) is 4.69. The SMILES string of the molecule is CCCCCCCCCCCCCCC(C(=O)N[C@H]1[C@H](OC2[C@@H](CO)O[C@@H](O)[C@H](N)[C@H]2O)O[C@H](CO)C(O[C@@H]2O[C@H](CO)[C@@H](O)[C@H](O)[C@H]2N)[C@@H]1O)C(=O)C1(CCCCCCCCCCCCCC)C(=O)CCC1=O. The van der Waals surface area contributed by atoms with Gasteiger partial charge in [-0.15, -0.1) is 0 Å². The van der Waals surface area contributed by atoms with Crippen molar-refractivity contribution in [1.82, 2.24) is 5.32 Å². The van der Waals surface area contributed by atoms with Crippen LogP contribution in [-0.2, 0) is 42.9 Å². The Morgan fingerprint density at radius 2 is 0.973 bits per heavy atom. The summed E-state index contributed by atoms with van der Waals surface area (Å²) in [7, 11) is 0. The van der Waals surface area contributed by atoms with Crippen molar-refractivity contribution in [3.05, 3.63) is 0 Å². The Morgan fingerprint density at radius 1 is 0.554 bits per heavy atom. The molecule has 0 aromatic carbocycles. The lowest BCUT2D eigenvalue weighted by Crippen LogP contribution is -2.70. The number of unbranched alkanes of at least 4 members (excludes halogenated alkanes) is 22. The van der Waals surface area contributed by atoms with Gasteiger partial charge in [0.15, 0.2) is 36.2 Å². The van der Waals surface area contributed by atoms with Gasteiger partial charge in [-0.2, -0.15) is 0 Å². The van der Waals surface area contributed by atoms with Gasteiger partial charge in [-0.1, -0.05) is 168 Å². The molecule has 0 spiro atoms. The van der Waals surface area contributed by atoms with Gasteiger partial charge in [0.25, 0.3) is 0 Å². The van der Waals surface area contributed by atoms with E-state index in [0.717, 1.165) is 57.8 Å². The summed E-state index contributed by atoms with van der Waals surface area (Å²) in [6, 6.07) is -4.68. The van der Waals surface area contributed by atoms with E-state index >= 15 is 9.59 Å². The van der Waals surface area contributed by atoms with Crippen LogP contribution in [0.25, 0.3) is 0 Å². The van der Waals surface area contributed by atoms with Crippen molar-refractivity contribution in [1.29, 1.82) is 0 Å². The molecule has 3 saturated heterocycles. The summed E-state index contributed by atoms with van der Waals surface area (Å²) in [5.41, 5.74) is 10.2. The van der Waals surface area contributed by atoms with Gasteiger partial charge >= 0.3 is 0 Å². The number of hydrogen-bond donors (Lipinski definition) is 11. The summed E-state index contributed by atoms with van der Waals surface area (Å²) in [4.78, 5) is 58.2. The van der Waals surface area contributed by atoms with E-state index in [-0.39, 0.29) is 25.7 Å². The monoisotopic (exact) mass is 1060 g/mol. The molecule has 20 heteroatoms. The van der Waals surface area contributed by atoms with Crippen LogP contribution in [0, 0.1) is 11.3 Å². The van der Waals surface area contributed by atoms with Crippen molar-refractivity contribution < 1.29 is 83.7 Å². The first-order valence-corrected chi connectivity index (χ1v) is 28.6. The maximum atomic E-state index is 15.2. The maximum Gasteiger partial charge on any atom is 0.231 e. The smallest absolute Gasteiger partial charge is 0.231 e. The normalized spacial score (nSPS) is 32.7. The maximum absolute atomic E-state index is 15.2. The Balaban J connectivity index is 1.60. The number of nitrogens with one attached hydrogen (secondary N) is 1. The van der Waals surface area contributed by atoms with Crippen LogP contribution < -0.4 is 16.8 Å². The van der Waals surface area contributed by atoms with Crippen LogP contribution >= 0.6 is 0 Å². The lowest BCUT2D eigenvalue weighted by atomic mass is 9.70. The van der Waals surface area contributed by atoms with Crippen LogP contribution in [0.2, 0.25) is 0 Å². The van der Waals surface area contributed by atoms with Gasteiger partial charge in [0.2, 0.25) is 5.91 Å². The highest BCUT2D eigenvalue weighted by atomic mass is 16.7. The fraction of sp³-hybridized carbons (Fsp3) is 0.926. The molecule has 3 heterocycles. The van der Waals surface area contributed by atoms with Crippen LogP contribution in [0.3, 0.4) is 0 Å². The predicted molar refractivity (Wildman–Crippen MR) is 273 cm³/mol. The molecule has 4 rings (SSSR count). The summed E-state index contributed by atoms with van der Waals surface area (Å²) < 4.78 is 29.4. The summed E-state index contributed by atoms with van der Waals surface area (Å²) >= 11 is 0. The second-order valence-corrected chi connectivity index (χ2v) is 21.5. The number of Topliss-reactive ketones (excluding diaryl/α,β-unsaturated/α-hetero) is 3. The molecule has 430 valence electrons. The minimum Gasteiger partial charge on any atom is -0.394 e. The number of aliphatic hydroxyl groups excluding tert-OH is 8. The van der Waals surface area contributed by atoms with Gasteiger partial charge in [0.1, 0.15) is 66.4 Å². The quantitative estimate of drug-likeness (QED) is 0.0315. The topological polar surface area (TPSA) is 340 Å². The lowest BCUT2D eigenvalue weighted by Gasteiger charge is -2.49. The molecule has 4 aliphatic rings. The van der Waals surface area contributed by atoms with E-state index in [1.807, 2.05) is 0 Å². The predicted octanol–water partition coefficient (Wildman–Crippen LogP) is 2.77. The van der Waals surface area contributed by atoms with Crippen LogP contribution in [0.4, 0.5) is 0 Å². The number of nitrogens with two attached hydrogens (primary N) is 2. The number of amides is 1. The van der Waals surface area contributed by atoms with Gasteiger partial charge in [-0.05, 0) is 12.8 Å². The Labute approximate surface area is 439 Å². The molecule has 0 radical (unpaired) electrons. The highest BCUT2D eigenvalue weighted by Gasteiger charge is 2.58. The average molecular weight is 1060 g/mol. The molecule has 3 unspecified atom stereocenters. The molecule has 0 aromatic heterocycles. The van der Waals surface area contributed by atoms with E-state index in [2.05, 4.69) is 19.2 Å². The Kier molecular flexibility index (Phi) is 29.6. The zero-order chi connectivity index (χ0) is 54.2. The van der Waals surface area contributed by atoms with E-state index in [1.54, 1.807) is 0 Å². The molecule has 3 aliphatic heterocycles. The Hall–Kier alpha value is -2.12. The highest BCUT2D eigenvalue weighted by molar-refractivity contribution is 6.30. The number of carbonyl (C=O) groups excluding carboxylic acids is 4. The molecule has 1 aliphatic carbocycles. The Bertz CT molecular complexity index is 1610. The van der Waals surface area contributed by atoms with Crippen molar-refractivity contribution in [3.8, 4) is 0 Å². The molecular formula is C54H97N3O17. The lowest BCUT2D eigenvalue weighted by molar-refractivity contribution is -0.350. The van der Waals surface area contributed by atoms with E-state index in [0.29, 0.717) is 25.7 Å². The average Bonchev–Trinajstić information content (AvgIpc) is 3.68. The van der Waals surface area contributed by atoms with Crippen molar-refractivity contribution in [3.63, 3.8) is 0 Å². The number of ketones is 3. The summed E-state index contributed by atoms with van der Waals surface area (Å²) in [6.45, 7) is 1.95. The Morgan fingerprint density at radius 3 is 1.46 bits per heavy atom. The largest absolute Gasteiger partial charge is 0.394 e. The first-order chi connectivity index (χ1) is 35.6. The molecule has 20 nitrogen and oxygen atoms in total. The molecule has 0 bridgehead atoms. The van der Waals surface area contributed by atoms with Gasteiger partial charge in [0, 0.05) is 12.8 Å². The number of ether oxygens (including phenoxy) is 5. The van der Waals surface area contributed by atoms with Crippen LogP contribution in [0.15, 0.2) is 0 Å². The van der Waals surface area contributed by atoms with Crippen LogP contribution in [0.5, 0.6) is 0 Å². The van der Waals surface area contributed by atoms with E-state index < -0.39 is 146 Å². The van der Waals surface area contributed by atoms with Crippen molar-refractivity contribution >= 4 is 23.3 Å². The summed E-state index contributed by atoms with van der Waals surface area (Å²) in [5.74, 6) is -4.42. The van der Waals surface area contributed by atoms with Gasteiger partial charge < -0.3 is 81.3 Å². The minimum atomic E-state index is -2.04. The van der Waals surface area contributed by atoms with E-state index in [4.69, 9.17) is 35.2 Å².